The Morgan fingerprint density at radius 1 is 1.26 bits per heavy atom. The van der Waals surface area contributed by atoms with Crippen LogP contribution in [0.15, 0.2) is 24.3 Å². The molecule has 2 N–H and O–H groups in total. The fourth-order valence-electron chi connectivity index (χ4n) is 2.78. The molecule has 0 saturated carbocycles. The van der Waals surface area contributed by atoms with E-state index in [4.69, 9.17) is 18.0 Å². The molecule has 4 heteroatoms. The number of likely N-dealkylation sites (tertiary alicyclic amines) is 1. The van der Waals surface area contributed by atoms with Gasteiger partial charge in [-0.2, -0.15) is 0 Å². The fourth-order valence-corrected chi connectivity index (χ4v) is 2.90. The summed E-state index contributed by atoms with van der Waals surface area (Å²) in [7, 11) is 0. The zero-order valence-electron chi connectivity index (χ0n) is 11.4. The summed E-state index contributed by atoms with van der Waals surface area (Å²) in [4.78, 5) is 15.0. The first-order valence-corrected chi connectivity index (χ1v) is 7.14. The second-order valence-electron chi connectivity index (χ2n) is 5.29. The molecule has 1 fully saturated rings. The summed E-state index contributed by atoms with van der Waals surface area (Å²) in [5.41, 5.74) is 7.04. The highest BCUT2D eigenvalue weighted by atomic mass is 32.1. The van der Waals surface area contributed by atoms with E-state index in [1.165, 1.54) is 6.42 Å². The number of hydrogen-bond donors (Lipinski definition) is 1. The second kappa shape index (κ2) is 5.70. The Bertz CT molecular complexity index is 491. The summed E-state index contributed by atoms with van der Waals surface area (Å²) in [5, 5.41) is 0. The lowest BCUT2D eigenvalue weighted by Crippen LogP contribution is -2.47. The minimum absolute atomic E-state index is 0.0813. The molecule has 0 radical (unpaired) electrons. The summed E-state index contributed by atoms with van der Waals surface area (Å²) in [5.74, 6) is 0.0813. The van der Waals surface area contributed by atoms with Crippen LogP contribution in [0.2, 0.25) is 0 Å². The normalized spacial score (nSPS) is 23.2. The molecule has 1 aromatic carbocycles. The molecule has 1 amide bonds. The van der Waals surface area contributed by atoms with Gasteiger partial charge in [0.05, 0.1) is 0 Å². The lowest BCUT2D eigenvalue weighted by atomic mass is 9.96. The molecule has 1 heterocycles. The average molecular weight is 276 g/mol. The molecule has 3 nitrogen and oxygen atoms in total. The van der Waals surface area contributed by atoms with Gasteiger partial charge < -0.3 is 10.6 Å². The largest absolute Gasteiger partial charge is 0.389 e. The zero-order valence-corrected chi connectivity index (χ0v) is 12.2. The Balaban J connectivity index is 2.27. The van der Waals surface area contributed by atoms with Crippen LogP contribution in [-0.2, 0) is 0 Å². The van der Waals surface area contributed by atoms with Gasteiger partial charge in [-0.25, -0.2) is 0 Å². The number of hydrogen-bond acceptors (Lipinski definition) is 2. The number of thiocarbonyl (C=S) groups is 1. The van der Waals surface area contributed by atoms with Crippen LogP contribution >= 0.6 is 12.2 Å². The summed E-state index contributed by atoms with van der Waals surface area (Å²) in [6.45, 7) is 4.23. The average Bonchev–Trinajstić information content (AvgIpc) is 2.38. The van der Waals surface area contributed by atoms with Crippen molar-refractivity contribution in [3.63, 3.8) is 0 Å². The van der Waals surface area contributed by atoms with Crippen molar-refractivity contribution in [3.05, 3.63) is 35.4 Å². The predicted octanol–water partition coefficient (Wildman–Crippen LogP) is 2.72. The van der Waals surface area contributed by atoms with Gasteiger partial charge in [0.2, 0.25) is 0 Å². The minimum atomic E-state index is 0.0813. The highest BCUT2D eigenvalue weighted by Crippen LogP contribution is 2.24. The third kappa shape index (κ3) is 2.95. The van der Waals surface area contributed by atoms with E-state index in [2.05, 4.69) is 13.8 Å². The van der Waals surface area contributed by atoms with Gasteiger partial charge in [-0.1, -0.05) is 24.4 Å². The van der Waals surface area contributed by atoms with Crippen LogP contribution in [0.5, 0.6) is 0 Å². The summed E-state index contributed by atoms with van der Waals surface area (Å²) in [6.07, 6.45) is 3.34. The Kier molecular flexibility index (Phi) is 4.20. The van der Waals surface area contributed by atoms with Crippen molar-refractivity contribution < 1.29 is 4.79 Å². The molecule has 0 unspecified atom stereocenters. The molecule has 102 valence electrons. The number of nitrogens with zero attached hydrogens (tertiary/aromatic N) is 1. The van der Waals surface area contributed by atoms with E-state index in [1.807, 2.05) is 23.1 Å². The lowest BCUT2D eigenvalue weighted by Gasteiger charge is -2.39. The van der Waals surface area contributed by atoms with Crippen molar-refractivity contribution in [2.75, 3.05) is 0 Å². The number of carbonyl (C=O) groups is 1. The molecule has 19 heavy (non-hydrogen) atoms. The summed E-state index contributed by atoms with van der Waals surface area (Å²) < 4.78 is 0. The summed E-state index contributed by atoms with van der Waals surface area (Å²) in [6, 6.07) is 7.88. The molecule has 2 rings (SSSR count). The molecule has 1 aromatic rings. The topological polar surface area (TPSA) is 46.3 Å². The summed E-state index contributed by atoms with van der Waals surface area (Å²) >= 11 is 4.96. The number of nitrogens with two attached hydrogens (primary N) is 1. The Labute approximate surface area is 119 Å². The molecule has 0 bridgehead atoms. The molecule has 0 aromatic heterocycles. The smallest absolute Gasteiger partial charge is 0.254 e. The van der Waals surface area contributed by atoms with E-state index >= 15 is 0 Å². The van der Waals surface area contributed by atoms with Crippen molar-refractivity contribution in [1.82, 2.24) is 4.90 Å². The molecule has 2 atom stereocenters. The number of benzene rings is 1. The highest BCUT2D eigenvalue weighted by molar-refractivity contribution is 7.80. The number of rotatable bonds is 2. The third-order valence-corrected chi connectivity index (χ3v) is 4.06. The van der Waals surface area contributed by atoms with Crippen molar-refractivity contribution in [1.29, 1.82) is 0 Å². The van der Waals surface area contributed by atoms with Crippen molar-refractivity contribution in [2.45, 2.75) is 45.2 Å². The van der Waals surface area contributed by atoms with E-state index in [1.54, 1.807) is 6.07 Å². The quantitative estimate of drug-likeness (QED) is 0.845. The monoisotopic (exact) mass is 276 g/mol. The van der Waals surface area contributed by atoms with Crippen LogP contribution in [0, 0.1) is 0 Å². The Morgan fingerprint density at radius 2 is 1.84 bits per heavy atom. The fraction of sp³-hybridized carbons (Fsp3) is 0.467. The van der Waals surface area contributed by atoms with Crippen LogP contribution < -0.4 is 5.73 Å². The Morgan fingerprint density at radius 3 is 2.42 bits per heavy atom. The predicted molar refractivity (Wildman–Crippen MR) is 81.3 cm³/mol. The standard InChI is InChI=1S/C15H20N2OS/c1-10-5-3-6-11(2)17(10)15(18)13-8-4-7-12(9-13)14(16)19/h4,7-11H,3,5-6H2,1-2H3,(H2,16,19)/t10-,11+. The van der Waals surface area contributed by atoms with E-state index in [9.17, 15) is 4.79 Å². The maximum atomic E-state index is 12.6. The first-order valence-electron chi connectivity index (χ1n) is 6.73. The first-order chi connectivity index (χ1) is 9.00. The second-order valence-corrected chi connectivity index (χ2v) is 5.73. The van der Waals surface area contributed by atoms with Gasteiger partial charge in [0.15, 0.2) is 0 Å². The molecule has 1 saturated heterocycles. The van der Waals surface area contributed by atoms with Gasteiger partial charge in [-0.05, 0) is 45.2 Å². The van der Waals surface area contributed by atoms with Gasteiger partial charge >= 0.3 is 0 Å². The van der Waals surface area contributed by atoms with Crippen LogP contribution in [0.1, 0.15) is 49.0 Å². The zero-order chi connectivity index (χ0) is 14.0. The van der Waals surface area contributed by atoms with Crippen molar-refractivity contribution >= 4 is 23.1 Å². The van der Waals surface area contributed by atoms with E-state index in [-0.39, 0.29) is 5.91 Å². The molecule has 0 aliphatic carbocycles. The maximum absolute atomic E-state index is 12.6. The molecular weight excluding hydrogens is 256 g/mol. The molecule has 0 spiro atoms. The van der Waals surface area contributed by atoms with Gasteiger partial charge in [0.1, 0.15) is 4.99 Å². The Hall–Kier alpha value is -1.42. The highest BCUT2D eigenvalue weighted by Gasteiger charge is 2.29. The maximum Gasteiger partial charge on any atom is 0.254 e. The number of carbonyl (C=O) groups excluding carboxylic acids is 1. The third-order valence-electron chi connectivity index (χ3n) is 3.82. The van der Waals surface area contributed by atoms with Gasteiger partial charge in [-0.3, -0.25) is 4.79 Å². The lowest BCUT2D eigenvalue weighted by molar-refractivity contribution is 0.0511. The minimum Gasteiger partial charge on any atom is -0.389 e. The van der Waals surface area contributed by atoms with E-state index in [0.717, 1.165) is 18.4 Å². The van der Waals surface area contributed by atoms with Crippen molar-refractivity contribution in [2.24, 2.45) is 5.73 Å². The van der Waals surface area contributed by atoms with Crippen LogP contribution in [0.25, 0.3) is 0 Å². The van der Waals surface area contributed by atoms with Gasteiger partial charge in [-0.15, -0.1) is 0 Å². The van der Waals surface area contributed by atoms with Gasteiger partial charge in [0, 0.05) is 23.2 Å². The number of piperidine rings is 1. The van der Waals surface area contributed by atoms with Crippen LogP contribution in [0.3, 0.4) is 0 Å². The van der Waals surface area contributed by atoms with E-state index in [0.29, 0.717) is 22.6 Å². The molecule has 1 aliphatic heterocycles. The van der Waals surface area contributed by atoms with Crippen LogP contribution in [-0.4, -0.2) is 27.9 Å². The molecular formula is C15H20N2OS. The number of amides is 1. The molecule has 1 aliphatic rings. The van der Waals surface area contributed by atoms with Crippen molar-refractivity contribution in [3.8, 4) is 0 Å². The van der Waals surface area contributed by atoms with Gasteiger partial charge in [0.25, 0.3) is 5.91 Å². The SMILES string of the molecule is C[C@@H]1CCC[C@H](C)N1C(=O)c1cccc(C(N)=S)c1. The van der Waals surface area contributed by atoms with E-state index < -0.39 is 0 Å². The first kappa shape index (κ1) is 14.0. The van der Waals surface area contributed by atoms with Crippen LogP contribution in [0.4, 0.5) is 0 Å².